The number of anilines is 2. The van der Waals surface area contributed by atoms with Crippen molar-refractivity contribution in [3.05, 3.63) is 54.0 Å². The Morgan fingerprint density at radius 1 is 1.08 bits per heavy atom. The van der Waals surface area contributed by atoms with Crippen molar-refractivity contribution >= 4 is 28.8 Å². The molecule has 6 rings (SSSR count). The van der Waals surface area contributed by atoms with Crippen LogP contribution in [0.3, 0.4) is 0 Å². The Morgan fingerprint density at radius 2 is 1.86 bits per heavy atom. The maximum absolute atomic E-state index is 14.8. The van der Waals surface area contributed by atoms with E-state index in [-0.39, 0.29) is 23.6 Å². The van der Waals surface area contributed by atoms with Crippen LogP contribution in [0.25, 0.3) is 22.4 Å². The van der Waals surface area contributed by atoms with E-state index in [2.05, 4.69) is 54.0 Å². The van der Waals surface area contributed by atoms with E-state index in [1.54, 1.807) is 24.5 Å². The summed E-state index contributed by atoms with van der Waals surface area (Å²) >= 11 is 0. The van der Waals surface area contributed by atoms with E-state index >= 15 is 0 Å². The van der Waals surface area contributed by atoms with Crippen molar-refractivity contribution in [2.75, 3.05) is 31.5 Å². The monoisotopic (exact) mass is 501 g/mol. The third kappa shape index (κ3) is 4.29. The van der Waals surface area contributed by atoms with Gasteiger partial charge in [-0.05, 0) is 50.8 Å². The van der Waals surface area contributed by atoms with E-state index in [1.165, 1.54) is 0 Å². The van der Waals surface area contributed by atoms with Crippen LogP contribution in [0.4, 0.5) is 16.2 Å². The SMILES string of the molecule is Cc1nc2ncc(-c3nc(Nc4ccc(C(=O)N5CC6CNCC6C5)cn4)ncc3F)cc2n1C(C)C. The number of carbonyl (C=O) groups excluding carboxylic acids is 1. The molecule has 10 nitrogen and oxygen atoms in total. The van der Waals surface area contributed by atoms with E-state index in [9.17, 15) is 9.18 Å². The maximum Gasteiger partial charge on any atom is 0.255 e. The molecule has 0 bridgehead atoms. The molecule has 2 N–H and O–H groups in total. The first-order valence-corrected chi connectivity index (χ1v) is 12.5. The zero-order valence-corrected chi connectivity index (χ0v) is 20.9. The number of hydrogen-bond acceptors (Lipinski definition) is 8. The van der Waals surface area contributed by atoms with Crippen molar-refractivity contribution in [3.8, 4) is 11.3 Å². The lowest BCUT2D eigenvalue weighted by Gasteiger charge is -2.17. The number of amides is 1. The van der Waals surface area contributed by atoms with E-state index in [1.807, 2.05) is 17.9 Å². The highest BCUT2D eigenvalue weighted by atomic mass is 19.1. The summed E-state index contributed by atoms with van der Waals surface area (Å²) in [5.74, 6) is 2.00. The van der Waals surface area contributed by atoms with Crippen molar-refractivity contribution in [2.24, 2.45) is 11.8 Å². The van der Waals surface area contributed by atoms with Crippen molar-refractivity contribution in [1.82, 2.24) is 39.7 Å². The Bertz CT molecular complexity index is 1470. The lowest BCUT2D eigenvalue weighted by molar-refractivity contribution is 0.0781. The molecule has 4 aromatic rings. The fourth-order valence-electron chi connectivity index (χ4n) is 5.41. The van der Waals surface area contributed by atoms with Crippen molar-refractivity contribution < 1.29 is 9.18 Å². The Morgan fingerprint density at radius 3 is 2.57 bits per heavy atom. The Labute approximate surface area is 213 Å². The third-order valence-electron chi connectivity index (χ3n) is 7.18. The van der Waals surface area contributed by atoms with Crippen LogP contribution in [-0.2, 0) is 0 Å². The van der Waals surface area contributed by atoms with Gasteiger partial charge in [0.15, 0.2) is 11.5 Å². The predicted molar refractivity (Wildman–Crippen MR) is 137 cm³/mol. The summed E-state index contributed by atoms with van der Waals surface area (Å²) in [6, 6.07) is 5.47. The molecule has 2 unspecified atom stereocenters. The normalized spacial score (nSPS) is 19.1. The first-order chi connectivity index (χ1) is 17.9. The van der Waals surface area contributed by atoms with Gasteiger partial charge in [-0.3, -0.25) is 4.79 Å². The van der Waals surface area contributed by atoms with Crippen LogP contribution in [0.1, 0.15) is 36.1 Å². The highest BCUT2D eigenvalue weighted by Crippen LogP contribution is 2.29. The topological polar surface area (TPSA) is 114 Å². The standard InChI is InChI=1S/C26H28FN9O/c1-14(2)36-15(3)32-24-21(36)6-17(10-30-24)23-20(27)11-31-26(34-23)33-22-5-4-16(9-29-22)25(37)35-12-18-7-28-8-19(18)13-35/h4-6,9-11,14,18-19,28H,7-8,12-13H2,1-3H3,(H,29,31,33,34). The van der Waals surface area contributed by atoms with Crippen LogP contribution in [0.15, 0.2) is 36.8 Å². The Hall–Kier alpha value is -3.99. The van der Waals surface area contributed by atoms with Gasteiger partial charge >= 0.3 is 0 Å². The Balaban J connectivity index is 1.21. The smallest absolute Gasteiger partial charge is 0.255 e. The minimum absolute atomic E-state index is 0.00691. The quantitative estimate of drug-likeness (QED) is 0.428. The van der Waals surface area contributed by atoms with Crippen LogP contribution in [0.2, 0.25) is 0 Å². The van der Waals surface area contributed by atoms with E-state index < -0.39 is 5.82 Å². The van der Waals surface area contributed by atoms with Gasteiger partial charge in [0.05, 0.1) is 17.3 Å². The zero-order chi connectivity index (χ0) is 25.7. The summed E-state index contributed by atoms with van der Waals surface area (Å²) in [4.78, 5) is 36.6. The van der Waals surface area contributed by atoms with Gasteiger partial charge in [0.25, 0.3) is 5.91 Å². The molecule has 190 valence electrons. The molecule has 0 spiro atoms. The molecule has 0 aromatic carbocycles. The van der Waals surface area contributed by atoms with Gasteiger partial charge in [-0.25, -0.2) is 29.3 Å². The highest BCUT2D eigenvalue weighted by molar-refractivity contribution is 5.94. The highest BCUT2D eigenvalue weighted by Gasteiger charge is 2.38. The zero-order valence-electron chi connectivity index (χ0n) is 20.9. The predicted octanol–water partition coefficient (Wildman–Crippen LogP) is 3.35. The van der Waals surface area contributed by atoms with Crippen LogP contribution in [0, 0.1) is 24.6 Å². The molecule has 2 saturated heterocycles. The number of carbonyl (C=O) groups is 1. The summed E-state index contributed by atoms with van der Waals surface area (Å²) < 4.78 is 16.8. The maximum atomic E-state index is 14.8. The second kappa shape index (κ2) is 9.15. The number of aryl methyl sites for hydroxylation is 1. The number of nitrogens with one attached hydrogen (secondary N) is 2. The number of fused-ring (bicyclic) bond motifs is 2. The molecule has 0 radical (unpaired) electrons. The summed E-state index contributed by atoms with van der Waals surface area (Å²) in [7, 11) is 0. The first-order valence-electron chi connectivity index (χ1n) is 12.5. The molecule has 37 heavy (non-hydrogen) atoms. The number of aromatic nitrogens is 6. The van der Waals surface area contributed by atoms with Crippen molar-refractivity contribution in [1.29, 1.82) is 0 Å². The van der Waals surface area contributed by atoms with Gasteiger partial charge in [0, 0.05) is 50.2 Å². The minimum atomic E-state index is -0.557. The number of halogens is 1. The lowest BCUT2D eigenvalue weighted by atomic mass is 10.0. The number of nitrogens with zero attached hydrogens (tertiary/aromatic N) is 7. The minimum Gasteiger partial charge on any atom is -0.338 e. The largest absolute Gasteiger partial charge is 0.338 e. The van der Waals surface area contributed by atoms with Gasteiger partial charge in [-0.1, -0.05) is 0 Å². The molecule has 2 aliphatic rings. The first kappa shape index (κ1) is 23.4. The number of hydrogen-bond donors (Lipinski definition) is 2. The van der Waals surface area contributed by atoms with E-state index in [4.69, 9.17) is 0 Å². The van der Waals surface area contributed by atoms with Crippen molar-refractivity contribution in [3.63, 3.8) is 0 Å². The molecule has 6 heterocycles. The fraction of sp³-hybridized carbons (Fsp3) is 0.385. The van der Waals surface area contributed by atoms with Gasteiger partial charge < -0.3 is 20.1 Å². The van der Waals surface area contributed by atoms with Crippen molar-refractivity contribution in [2.45, 2.75) is 26.8 Å². The number of imidazole rings is 1. The molecule has 2 atom stereocenters. The third-order valence-corrected chi connectivity index (χ3v) is 7.18. The molecular formula is C26H28FN9O. The van der Waals surface area contributed by atoms with Gasteiger partial charge in [-0.2, -0.15) is 0 Å². The van der Waals surface area contributed by atoms with Gasteiger partial charge in [0.1, 0.15) is 17.3 Å². The second-order valence-corrected chi connectivity index (χ2v) is 10.0. The van der Waals surface area contributed by atoms with Gasteiger partial charge in [-0.15, -0.1) is 0 Å². The summed E-state index contributed by atoms with van der Waals surface area (Å²) in [6.45, 7) is 9.55. The molecule has 4 aromatic heterocycles. The summed E-state index contributed by atoms with van der Waals surface area (Å²) in [5, 5.41) is 6.40. The molecule has 0 saturated carbocycles. The van der Waals surface area contributed by atoms with Crippen LogP contribution >= 0.6 is 0 Å². The average molecular weight is 502 g/mol. The molecule has 2 fully saturated rings. The van der Waals surface area contributed by atoms with E-state index in [0.29, 0.717) is 34.4 Å². The lowest BCUT2D eigenvalue weighted by Crippen LogP contribution is -2.31. The molecule has 2 aliphatic heterocycles. The molecule has 1 amide bonds. The molecule has 11 heteroatoms. The number of likely N-dealkylation sites (tertiary alicyclic amines) is 1. The average Bonchev–Trinajstić information content (AvgIpc) is 3.57. The summed E-state index contributed by atoms with van der Waals surface area (Å²) in [5.41, 5.74) is 2.61. The summed E-state index contributed by atoms with van der Waals surface area (Å²) in [6.07, 6.45) is 4.24. The second-order valence-electron chi connectivity index (χ2n) is 10.0. The van der Waals surface area contributed by atoms with Crippen LogP contribution in [-0.4, -0.2) is 66.5 Å². The number of pyridine rings is 2. The molecule has 0 aliphatic carbocycles. The Kier molecular flexibility index (Phi) is 5.79. The number of rotatable bonds is 5. The van der Waals surface area contributed by atoms with Crippen LogP contribution in [0.5, 0.6) is 0 Å². The van der Waals surface area contributed by atoms with E-state index in [0.717, 1.165) is 43.7 Å². The molecular weight excluding hydrogens is 473 g/mol. The fourth-order valence-corrected chi connectivity index (χ4v) is 5.41. The van der Waals surface area contributed by atoms with Gasteiger partial charge in [0.2, 0.25) is 5.95 Å². The van der Waals surface area contributed by atoms with Crippen LogP contribution < -0.4 is 10.6 Å².